The molecular weight excluding hydrogens is 462 g/mol. The van der Waals surface area contributed by atoms with Crippen LogP contribution in [0.5, 0.6) is 5.75 Å². The van der Waals surface area contributed by atoms with E-state index in [2.05, 4.69) is 11.5 Å². The summed E-state index contributed by atoms with van der Waals surface area (Å²) in [6, 6.07) is 15.5. The Hall–Kier alpha value is -3.51. The summed E-state index contributed by atoms with van der Waals surface area (Å²) in [6.45, 7) is 6.96. The summed E-state index contributed by atoms with van der Waals surface area (Å²) in [4.78, 5) is 13.0. The van der Waals surface area contributed by atoms with Crippen molar-refractivity contribution in [3.05, 3.63) is 93.5 Å². The van der Waals surface area contributed by atoms with Crippen molar-refractivity contribution in [2.45, 2.75) is 52.8 Å². The number of aromatic nitrogens is 2. The second-order valence-electron chi connectivity index (χ2n) is 9.18. The van der Waals surface area contributed by atoms with E-state index in [1.807, 2.05) is 74.0 Å². The first kappa shape index (κ1) is 23.2. The zero-order valence-electron chi connectivity index (χ0n) is 20.1. The van der Waals surface area contributed by atoms with E-state index < -0.39 is 0 Å². The van der Waals surface area contributed by atoms with Crippen LogP contribution in [-0.4, -0.2) is 21.8 Å². The molecular formula is C28H28ClN3O3. The lowest BCUT2D eigenvalue weighted by molar-refractivity contribution is 0.0920. The predicted octanol–water partition coefficient (Wildman–Crippen LogP) is 5.97. The number of carbonyl (C=O) groups excluding carboxylic acids is 1. The van der Waals surface area contributed by atoms with Crippen LogP contribution in [-0.2, 0) is 25.9 Å². The third kappa shape index (κ3) is 4.98. The molecule has 0 aliphatic heterocycles. The van der Waals surface area contributed by atoms with Gasteiger partial charge in [-0.3, -0.25) is 9.48 Å². The predicted molar refractivity (Wildman–Crippen MR) is 136 cm³/mol. The van der Waals surface area contributed by atoms with Crippen molar-refractivity contribution in [3.63, 3.8) is 0 Å². The van der Waals surface area contributed by atoms with E-state index in [1.165, 1.54) is 5.56 Å². The molecule has 0 spiro atoms. The normalized spacial score (nSPS) is 12.4. The van der Waals surface area contributed by atoms with Gasteiger partial charge in [-0.05, 0) is 68.1 Å². The van der Waals surface area contributed by atoms with Crippen molar-refractivity contribution in [1.29, 1.82) is 0 Å². The van der Waals surface area contributed by atoms with Gasteiger partial charge < -0.3 is 14.5 Å². The first-order valence-electron chi connectivity index (χ1n) is 11.8. The monoisotopic (exact) mass is 489 g/mol. The number of ether oxygens (including phenoxy) is 1. The topological polar surface area (TPSA) is 69.3 Å². The van der Waals surface area contributed by atoms with Crippen LogP contribution in [0.4, 0.5) is 0 Å². The molecule has 2 aromatic carbocycles. The molecule has 7 heteroatoms. The highest BCUT2D eigenvalue weighted by molar-refractivity contribution is 6.30. The van der Waals surface area contributed by atoms with Crippen LogP contribution < -0.4 is 10.1 Å². The molecule has 2 heterocycles. The Bertz CT molecular complexity index is 1370. The summed E-state index contributed by atoms with van der Waals surface area (Å²) in [5.41, 5.74) is 5.91. The van der Waals surface area contributed by atoms with Gasteiger partial charge in [0.1, 0.15) is 11.5 Å². The standard InChI is InChI=1S/C28H28ClN3O3/c1-17(2)34-23-10-7-19(8-11-23)14-30-28(33)27-18(3)25-24(35-27)12-9-21-16-32(31-26(21)25)15-20-5-4-6-22(29)13-20/h4-8,10-11,13,16-17H,9,12,14-15H2,1-3H3,(H,30,33). The second kappa shape index (κ2) is 9.62. The molecule has 1 aliphatic rings. The zero-order chi connectivity index (χ0) is 24.5. The summed E-state index contributed by atoms with van der Waals surface area (Å²) < 4.78 is 13.7. The van der Waals surface area contributed by atoms with Gasteiger partial charge in [-0.15, -0.1) is 0 Å². The van der Waals surface area contributed by atoms with Crippen LogP contribution in [0.15, 0.2) is 59.1 Å². The van der Waals surface area contributed by atoms with Gasteiger partial charge >= 0.3 is 0 Å². The zero-order valence-corrected chi connectivity index (χ0v) is 20.9. The van der Waals surface area contributed by atoms with Gasteiger partial charge in [0.25, 0.3) is 5.91 Å². The number of aryl methyl sites for hydroxylation is 2. The minimum Gasteiger partial charge on any atom is -0.491 e. The van der Waals surface area contributed by atoms with Gasteiger partial charge in [-0.1, -0.05) is 35.9 Å². The fourth-order valence-electron chi connectivity index (χ4n) is 4.50. The molecule has 2 aromatic heterocycles. The van der Waals surface area contributed by atoms with Crippen LogP contribution in [0.2, 0.25) is 5.02 Å². The van der Waals surface area contributed by atoms with Crippen LogP contribution in [0.25, 0.3) is 11.3 Å². The maximum atomic E-state index is 13.0. The first-order chi connectivity index (χ1) is 16.9. The van der Waals surface area contributed by atoms with Crippen LogP contribution in [0.1, 0.15) is 52.4 Å². The Balaban J connectivity index is 1.31. The van der Waals surface area contributed by atoms with E-state index >= 15 is 0 Å². The van der Waals surface area contributed by atoms with Gasteiger partial charge in [0.15, 0.2) is 5.76 Å². The van der Waals surface area contributed by atoms with Crippen LogP contribution >= 0.6 is 11.6 Å². The number of furan rings is 1. The Kier molecular flexibility index (Phi) is 6.39. The number of rotatable bonds is 7. The first-order valence-corrected chi connectivity index (χ1v) is 12.2. The van der Waals surface area contributed by atoms with E-state index in [9.17, 15) is 4.79 Å². The Morgan fingerprint density at radius 2 is 1.97 bits per heavy atom. The fourth-order valence-corrected chi connectivity index (χ4v) is 4.72. The number of hydrogen-bond donors (Lipinski definition) is 1. The van der Waals surface area contributed by atoms with Gasteiger partial charge in [0.05, 0.1) is 18.3 Å². The highest BCUT2D eigenvalue weighted by Crippen LogP contribution is 2.38. The maximum Gasteiger partial charge on any atom is 0.287 e. The molecule has 0 atom stereocenters. The van der Waals surface area contributed by atoms with E-state index in [0.29, 0.717) is 23.9 Å². The number of benzene rings is 2. The number of hydrogen-bond acceptors (Lipinski definition) is 4. The Morgan fingerprint density at radius 3 is 2.71 bits per heavy atom. The molecule has 180 valence electrons. The quantitative estimate of drug-likeness (QED) is 0.347. The summed E-state index contributed by atoms with van der Waals surface area (Å²) in [5.74, 6) is 1.77. The average molecular weight is 490 g/mol. The minimum atomic E-state index is -0.223. The van der Waals surface area contributed by atoms with Crippen LogP contribution in [0.3, 0.4) is 0 Å². The maximum absolute atomic E-state index is 13.0. The summed E-state index contributed by atoms with van der Waals surface area (Å²) in [7, 11) is 0. The molecule has 0 fully saturated rings. The highest BCUT2D eigenvalue weighted by Gasteiger charge is 2.29. The third-order valence-electron chi connectivity index (χ3n) is 6.10. The van der Waals surface area contributed by atoms with E-state index in [0.717, 1.165) is 52.3 Å². The molecule has 35 heavy (non-hydrogen) atoms. The number of fused-ring (bicyclic) bond motifs is 3. The summed E-state index contributed by atoms with van der Waals surface area (Å²) in [5, 5.41) is 8.53. The number of nitrogens with zero attached hydrogens (tertiary/aromatic N) is 2. The van der Waals surface area contributed by atoms with Gasteiger partial charge in [0.2, 0.25) is 0 Å². The van der Waals surface area contributed by atoms with Crippen molar-refractivity contribution in [1.82, 2.24) is 15.1 Å². The Morgan fingerprint density at radius 1 is 1.17 bits per heavy atom. The summed E-state index contributed by atoms with van der Waals surface area (Å²) in [6.07, 6.45) is 3.78. The SMILES string of the molecule is Cc1c(C(=O)NCc2ccc(OC(C)C)cc2)oc2c1-c1nn(Cc3cccc(Cl)c3)cc1CC2. The van der Waals surface area contributed by atoms with Crippen molar-refractivity contribution in [2.24, 2.45) is 0 Å². The number of nitrogens with one attached hydrogen (secondary N) is 1. The van der Waals surface area contributed by atoms with Gasteiger partial charge in [-0.2, -0.15) is 5.10 Å². The van der Waals surface area contributed by atoms with Gasteiger partial charge in [0, 0.05) is 35.3 Å². The molecule has 4 aromatic rings. The Labute approximate surface area is 209 Å². The second-order valence-corrected chi connectivity index (χ2v) is 9.61. The number of carbonyl (C=O) groups is 1. The van der Waals surface area contributed by atoms with Crippen molar-refractivity contribution >= 4 is 17.5 Å². The third-order valence-corrected chi connectivity index (χ3v) is 6.34. The molecule has 5 rings (SSSR count). The lowest BCUT2D eigenvalue weighted by atomic mass is 9.93. The van der Waals surface area contributed by atoms with Crippen molar-refractivity contribution < 1.29 is 13.9 Å². The molecule has 1 aliphatic carbocycles. The molecule has 6 nitrogen and oxygen atoms in total. The molecule has 0 bridgehead atoms. The lowest BCUT2D eigenvalue weighted by Gasteiger charge is -2.10. The fraction of sp³-hybridized carbons (Fsp3) is 0.286. The van der Waals surface area contributed by atoms with Crippen molar-refractivity contribution in [3.8, 4) is 17.0 Å². The molecule has 0 unspecified atom stereocenters. The molecule has 1 N–H and O–H groups in total. The lowest BCUT2D eigenvalue weighted by Crippen LogP contribution is -2.23. The van der Waals surface area contributed by atoms with Crippen LogP contribution in [0, 0.1) is 6.92 Å². The highest BCUT2D eigenvalue weighted by atomic mass is 35.5. The summed E-state index contributed by atoms with van der Waals surface area (Å²) >= 11 is 6.14. The smallest absolute Gasteiger partial charge is 0.287 e. The van der Waals surface area contributed by atoms with E-state index in [1.54, 1.807) is 0 Å². The molecule has 0 radical (unpaired) electrons. The van der Waals surface area contributed by atoms with E-state index in [4.69, 9.17) is 25.9 Å². The number of amides is 1. The van der Waals surface area contributed by atoms with Crippen molar-refractivity contribution in [2.75, 3.05) is 0 Å². The minimum absolute atomic E-state index is 0.122. The molecule has 1 amide bonds. The van der Waals surface area contributed by atoms with E-state index in [-0.39, 0.29) is 12.0 Å². The molecule has 0 saturated heterocycles. The molecule has 0 saturated carbocycles. The largest absolute Gasteiger partial charge is 0.491 e. The number of halogens is 1. The van der Waals surface area contributed by atoms with Gasteiger partial charge in [-0.25, -0.2) is 0 Å². The average Bonchev–Trinajstić information content (AvgIpc) is 3.38.